The Labute approximate surface area is 119 Å². The van der Waals surface area contributed by atoms with Gasteiger partial charge in [0.1, 0.15) is 0 Å². The minimum atomic E-state index is -1.64. The average Bonchev–Trinajstić information content (AvgIpc) is 1.85. The summed E-state index contributed by atoms with van der Waals surface area (Å²) in [5.41, 5.74) is 0. The van der Waals surface area contributed by atoms with Gasteiger partial charge in [-0.05, 0) is 6.42 Å². The molecule has 0 amide bonds. The summed E-state index contributed by atoms with van der Waals surface area (Å²) in [7, 11) is 0. The summed E-state index contributed by atoms with van der Waals surface area (Å²) in [4.78, 5) is 19.2. The molecule has 0 bridgehead atoms. The molecule has 0 heterocycles. The van der Waals surface area contributed by atoms with E-state index in [9.17, 15) is 19.8 Å². The molecule has 13 heavy (non-hydrogen) atoms. The van der Waals surface area contributed by atoms with Gasteiger partial charge in [0, 0.05) is 13.2 Å². The topological polar surface area (TPSA) is 98.7 Å². The maximum absolute atomic E-state index is 9.59. The van der Waals surface area contributed by atoms with Crippen LogP contribution in [0.15, 0.2) is 0 Å². The first-order valence-corrected chi connectivity index (χ1v) is 2.80. The van der Waals surface area contributed by atoms with Crippen LogP contribution in [0.3, 0.4) is 0 Å². The number of carboxylic acid groups (broad SMARTS) is 2. The number of carbonyl (C=O) groups is 2. The SMILES string of the molecule is O=C([O-])OCCCOC(=O)[O-].[Na+].[Na+]. The zero-order valence-corrected chi connectivity index (χ0v) is 11.6. The number of hydrogen-bond donors (Lipinski definition) is 0. The van der Waals surface area contributed by atoms with Gasteiger partial charge in [0.05, 0.1) is 0 Å². The molecule has 8 heteroatoms. The number of rotatable bonds is 4. The van der Waals surface area contributed by atoms with Gasteiger partial charge in [0.25, 0.3) is 12.3 Å². The predicted molar refractivity (Wildman–Crippen MR) is 27.3 cm³/mol. The maximum atomic E-state index is 9.59. The fourth-order valence-corrected chi connectivity index (χ4v) is 0.370. The van der Waals surface area contributed by atoms with Crippen LogP contribution in [0.1, 0.15) is 6.42 Å². The van der Waals surface area contributed by atoms with Crippen LogP contribution in [0.2, 0.25) is 0 Å². The molecule has 64 valence electrons. The molecule has 6 nitrogen and oxygen atoms in total. The van der Waals surface area contributed by atoms with Crippen LogP contribution in [-0.4, -0.2) is 25.5 Å². The Hall–Kier alpha value is 0.540. The van der Waals surface area contributed by atoms with Crippen molar-refractivity contribution in [2.75, 3.05) is 13.2 Å². The molecule has 0 spiro atoms. The number of hydrogen-bond acceptors (Lipinski definition) is 6. The number of ether oxygens (including phenoxy) is 2. The van der Waals surface area contributed by atoms with E-state index in [2.05, 4.69) is 9.47 Å². The fourth-order valence-electron chi connectivity index (χ4n) is 0.370. The van der Waals surface area contributed by atoms with E-state index in [4.69, 9.17) is 0 Å². The van der Waals surface area contributed by atoms with Crippen molar-refractivity contribution in [1.82, 2.24) is 0 Å². The zero-order chi connectivity index (χ0) is 8.69. The van der Waals surface area contributed by atoms with Crippen LogP contribution in [0, 0.1) is 0 Å². The standard InChI is InChI=1S/C5H8O6.2Na/c6-4(7)10-2-1-3-11-5(8)9;;/h1-3H2,(H,6,7)(H,8,9);;/q;2*+1/p-2. The van der Waals surface area contributed by atoms with Crippen molar-refractivity contribution in [3.8, 4) is 0 Å². The molecule has 0 unspecified atom stereocenters. The third-order valence-electron chi connectivity index (χ3n) is 0.729. The molecular weight excluding hydrogens is 202 g/mol. The van der Waals surface area contributed by atoms with Gasteiger partial charge < -0.3 is 29.3 Å². The van der Waals surface area contributed by atoms with E-state index in [0.29, 0.717) is 0 Å². The van der Waals surface area contributed by atoms with Crippen molar-refractivity contribution in [2.45, 2.75) is 6.42 Å². The molecule has 0 saturated carbocycles. The first-order chi connectivity index (χ1) is 5.13. The number of carbonyl (C=O) groups excluding carboxylic acids is 2. The van der Waals surface area contributed by atoms with E-state index in [-0.39, 0.29) is 78.7 Å². The molecule has 0 aliphatic rings. The third-order valence-corrected chi connectivity index (χ3v) is 0.729. The van der Waals surface area contributed by atoms with E-state index in [1.807, 2.05) is 0 Å². The maximum Gasteiger partial charge on any atom is 1.00 e. The Morgan fingerprint density at radius 3 is 1.46 bits per heavy atom. The van der Waals surface area contributed by atoms with E-state index < -0.39 is 12.3 Å². The first-order valence-electron chi connectivity index (χ1n) is 2.80. The van der Waals surface area contributed by atoms with E-state index in [1.165, 1.54) is 0 Å². The smallest absolute Gasteiger partial charge is 0.550 e. The van der Waals surface area contributed by atoms with Crippen LogP contribution >= 0.6 is 0 Å². The van der Waals surface area contributed by atoms with Gasteiger partial charge in [-0.25, -0.2) is 0 Å². The quantitative estimate of drug-likeness (QED) is 0.258. The second kappa shape index (κ2) is 12.5. The molecule has 0 rings (SSSR count). The Balaban J connectivity index is -0.000000500. The summed E-state index contributed by atoms with van der Waals surface area (Å²) in [6.45, 7) is -0.286. The minimum Gasteiger partial charge on any atom is -0.550 e. The van der Waals surface area contributed by atoms with Crippen LogP contribution in [0.4, 0.5) is 9.59 Å². The van der Waals surface area contributed by atoms with Crippen LogP contribution < -0.4 is 69.3 Å². The molecule has 0 aliphatic heterocycles. The van der Waals surface area contributed by atoms with E-state index in [1.54, 1.807) is 0 Å². The molecule has 0 N–H and O–H groups in total. The first kappa shape index (κ1) is 19.2. The second-order valence-corrected chi connectivity index (χ2v) is 1.55. The molecule has 0 aromatic heterocycles. The molecule has 0 fully saturated rings. The van der Waals surface area contributed by atoms with Crippen LogP contribution in [-0.2, 0) is 9.47 Å². The average molecular weight is 208 g/mol. The van der Waals surface area contributed by atoms with Crippen LogP contribution in [0.25, 0.3) is 0 Å². The zero-order valence-electron chi connectivity index (χ0n) is 7.57. The Bertz CT molecular complexity index is 134. The monoisotopic (exact) mass is 208 g/mol. The predicted octanol–water partition coefficient (Wildman–Crippen LogP) is -7.90. The van der Waals surface area contributed by atoms with E-state index >= 15 is 0 Å². The van der Waals surface area contributed by atoms with Gasteiger partial charge in [-0.2, -0.15) is 0 Å². The molecule has 0 atom stereocenters. The van der Waals surface area contributed by atoms with Crippen molar-refractivity contribution >= 4 is 12.3 Å². The molecule has 0 radical (unpaired) electrons. The molecule has 0 aliphatic carbocycles. The molecule has 0 aromatic rings. The van der Waals surface area contributed by atoms with Crippen molar-refractivity contribution < 1.29 is 88.4 Å². The Morgan fingerprint density at radius 1 is 0.923 bits per heavy atom. The van der Waals surface area contributed by atoms with Gasteiger partial charge in [0.15, 0.2) is 0 Å². The van der Waals surface area contributed by atoms with Gasteiger partial charge in [-0.3, -0.25) is 0 Å². The van der Waals surface area contributed by atoms with E-state index in [0.717, 1.165) is 0 Å². The third kappa shape index (κ3) is 19.1. The summed E-state index contributed by atoms with van der Waals surface area (Å²) >= 11 is 0. The van der Waals surface area contributed by atoms with Gasteiger partial charge in [0.2, 0.25) is 0 Å². The van der Waals surface area contributed by atoms with Gasteiger partial charge in [-0.15, -0.1) is 0 Å². The van der Waals surface area contributed by atoms with Gasteiger partial charge >= 0.3 is 59.1 Å². The summed E-state index contributed by atoms with van der Waals surface area (Å²) in [6, 6.07) is 0. The second-order valence-electron chi connectivity index (χ2n) is 1.55. The van der Waals surface area contributed by atoms with Crippen molar-refractivity contribution in [3.63, 3.8) is 0 Å². The van der Waals surface area contributed by atoms with Crippen molar-refractivity contribution in [3.05, 3.63) is 0 Å². The minimum absolute atomic E-state index is 0. The van der Waals surface area contributed by atoms with Crippen molar-refractivity contribution in [2.24, 2.45) is 0 Å². The van der Waals surface area contributed by atoms with Crippen molar-refractivity contribution in [1.29, 1.82) is 0 Å². The van der Waals surface area contributed by atoms with Gasteiger partial charge in [-0.1, -0.05) is 0 Å². The summed E-state index contributed by atoms with van der Waals surface area (Å²) in [5.74, 6) is 0. The Kier molecular flexibility index (Phi) is 18.5. The normalized spacial score (nSPS) is 7.38. The molecular formula is C5H6Na2O6. The summed E-state index contributed by atoms with van der Waals surface area (Å²) in [6.07, 6.45) is -3.13. The molecule has 0 aromatic carbocycles. The Morgan fingerprint density at radius 2 is 1.23 bits per heavy atom. The largest absolute Gasteiger partial charge is 1.00 e. The van der Waals surface area contributed by atoms with Crippen LogP contribution in [0.5, 0.6) is 0 Å². The molecule has 0 saturated heterocycles. The summed E-state index contributed by atoms with van der Waals surface area (Å²) in [5, 5.41) is 19.2. The fraction of sp³-hybridized carbons (Fsp3) is 0.600. The summed E-state index contributed by atoms with van der Waals surface area (Å²) < 4.78 is 7.87.